The van der Waals surface area contributed by atoms with Crippen LogP contribution in [0, 0.1) is 0 Å². The fourth-order valence-electron chi connectivity index (χ4n) is 3.33. The zero-order valence-corrected chi connectivity index (χ0v) is 17.2. The van der Waals surface area contributed by atoms with Crippen molar-refractivity contribution in [3.05, 3.63) is 41.7 Å². The van der Waals surface area contributed by atoms with Crippen molar-refractivity contribution in [3.63, 3.8) is 0 Å². The van der Waals surface area contributed by atoms with Crippen LogP contribution in [0.1, 0.15) is 12.8 Å². The van der Waals surface area contributed by atoms with E-state index in [2.05, 4.69) is 23.2 Å². The molecule has 0 N–H and O–H groups in total. The second kappa shape index (κ2) is 7.76. The van der Waals surface area contributed by atoms with Crippen molar-refractivity contribution in [2.45, 2.75) is 12.8 Å². The van der Waals surface area contributed by atoms with Gasteiger partial charge < -0.3 is 18.8 Å². The van der Waals surface area contributed by atoms with Gasteiger partial charge in [0.15, 0.2) is 0 Å². The maximum atomic E-state index is 6.30. The predicted molar refractivity (Wildman–Crippen MR) is 111 cm³/mol. The second-order valence-electron chi connectivity index (χ2n) is 6.16. The van der Waals surface area contributed by atoms with Gasteiger partial charge in [-0.3, -0.25) is 0 Å². The lowest BCUT2D eigenvalue weighted by molar-refractivity contribution is 0.395. The summed E-state index contributed by atoms with van der Waals surface area (Å²) in [5.41, 5.74) is 3.80. The smallest absolute Gasteiger partial charge is 0.141 e. The van der Waals surface area contributed by atoms with Gasteiger partial charge in [-0.15, -0.1) is 17.0 Å². The van der Waals surface area contributed by atoms with Crippen molar-refractivity contribution in [1.29, 1.82) is 0 Å². The number of anilines is 1. The van der Waals surface area contributed by atoms with Crippen LogP contribution in [-0.2, 0) is 0 Å². The second-order valence-corrected chi connectivity index (χ2v) is 6.56. The monoisotopic (exact) mass is 437 g/mol. The van der Waals surface area contributed by atoms with Crippen molar-refractivity contribution >= 4 is 39.9 Å². The summed E-state index contributed by atoms with van der Waals surface area (Å²) in [6.45, 7) is 2.23. The minimum absolute atomic E-state index is 0. The maximum absolute atomic E-state index is 6.30. The summed E-state index contributed by atoms with van der Waals surface area (Å²) in [5, 5.41) is 0.535. The molecule has 1 saturated heterocycles. The number of aromatic nitrogens is 2. The third kappa shape index (κ3) is 3.35. The van der Waals surface area contributed by atoms with Gasteiger partial charge in [-0.05, 0) is 25.0 Å². The van der Waals surface area contributed by atoms with E-state index < -0.39 is 0 Å². The maximum Gasteiger partial charge on any atom is 0.141 e. The zero-order valence-electron chi connectivity index (χ0n) is 14.7. The lowest BCUT2D eigenvalue weighted by Crippen LogP contribution is -2.17. The van der Waals surface area contributed by atoms with E-state index in [1.807, 2.05) is 16.7 Å². The summed E-state index contributed by atoms with van der Waals surface area (Å²) in [6.07, 6.45) is 6.56. The van der Waals surface area contributed by atoms with Crippen molar-refractivity contribution in [1.82, 2.24) is 9.38 Å². The molecule has 0 saturated carbocycles. The first kappa shape index (κ1) is 18.9. The summed E-state index contributed by atoms with van der Waals surface area (Å²) in [7, 11) is 3.22. The van der Waals surface area contributed by atoms with Crippen LogP contribution >= 0.6 is 28.6 Å². The molecule has 3 aromatic rings. The molecule has 0 aliphatic carbocycles. The SMILES string of the molecule is Br.COc1cc(OC)c(-c2cn3ccc(N4CCCC4)cc3n2)cc1Cl. The van der Waals surface area contributed by atoms with Gasteiger partial charge in [0.2, 0.25) is 0 Å². The Balaban J connectivity index is 0.00000196. The average Bonchev–Trinajstić information content (AvgIpc) is 3.30. The van der Waals surface area contributed by atoms with E-state index in [0.29, 0.717) is 16.5 Å². The molecule has 138 valence electrons. The van der Waals surface area contributed by atoms with Crippen LogP contribution in [0.5, 0.6) is 11.5 Å². The molecule has 0 amide bonds. The van der Waals surface area contributed by atoms with Gasteiger partial charge in [-0.1, -0.05) is 11.6 Å². The van der Waals surface area contributed by atoms with Crippen molar-refractivity contribution in [3.8, 4) is 22.8 Å². The zero-order chi connectivity index (χ0) is 17.4. The van der Waals surface area contributed by atoms with Gasteiger partial charge in [-0.2, -0.15) is 0 Å². The summed E-state index contributed by atoms with van der Waals surface area (Å²) in [6, 6.07) is 7.90. The van der Waals surface area contributed by atoms with Crippen LogP contribution in [0.4, 0.5) is 5.69 Å². The topological polar surface area (TPSA) is 39.0 Å². The molecule has 0 radical (unpaired) electrons. The van der Waals surface area contributed by atoms with Gasteiger partial charge in [0.05, 0.1) is 24.9 Å². The highest BCUT2D eigenvalue weighted by molar-refractivity contribution is 8.93. The number of rotatable bonds is 4. The van der Waals surface area contributed by atoms with Crippen LogP contribution in [0.15, 0.2) is 36.7 Å². The number of nitrogens with zero attached hydrogens (tertiary/aromatic N) is 3. The highest BCUT2D eigenvalue weighted by Crippen LogP contribution is 2.38. The Kier molecular flexibility index (Phi) is 5.63. The highest BCUT2D eigenvalue weighted by atomic mass is 79.9. The van der Waals surface area contributed by atoms with Gasteiger partial charge in [0, 0.05) is 48.9 Å². The molecule has 1 aliphatic rings. The molecule has 0 bridgehead atoms. The minimum atomic E-state index is 0. The van der Waals surface area contributed by atoms with E-state index in [1.54, 1.807) is 20.3 Å². The molecular weight excluding hydrogens is 418 g/mol. The summed E-state index contributed by atoms with van der Waals surface area (Å²) < 4.78 is 12.8. The Morgan fingerprint density at radius 3 is 2.46 bits per heavy atom. The molecule has 1 aromatic carbocycles. The Hall–Kier alpha value is -1.92. The van der Waals surface area contributed by atoms with E-state index in [4.69, 9.17) is 26.1 Å². The number of ether oxygens (including phenoxy) is 2. The van der Waals surface area contributed by atoms with Crippen LogP contribution in [0.25, 0.3) is 16.9 Å². The molecule has 0 unspecified atom stereocenters. The van der Waals surface area contributed by atoms with Gasteiger partial charge in [0.25, 0.3) is 0 Å². The molecule has 4 rings (SSSR count). The predicted octanol–water partition coefficient (Wildman–Crippen LogP) is 4.85. The van der Waals surface area contributed by atoms with E-state index in [-0.39, 0.29) is 17.0 Å². The average molecular weight is 439 g/mol. The molecule has 5 nitrogen and oxygen atoms in total. The van der Waals surface area contributed by atoms with Crippen molar-refractivity contribution in [2.24, 2.45) is 0 Å². The number of pyridine rings is 1. The Morgan fingerprint density at radius 1 is 1.04 bits per heavy atom. The molecular formula is C19H21BrClN3O2. The van der Waals surface area contributed by atoms with Crippen LogP contribution in [0.2, 0.25) is 5.02 Å². The van der Waals surface area contributed by atoms with Crippen LogP contribution < -0.4 is 14.4 Å². The highest BCUT2D eigenvalue weighted by Gasteiger charge is 2.16. The van der Waals surface area contributed by atoms with Gasteiger partial charge in [-0.25, -0.2) is 4.98 Å². The van der Waals surface area contributed by atoms with Gasteiger partial charge >= 0.3 is 0 Å². The molecule has 2 aromatic heterocycles. The molecule has 1 aliphatic heterocycles. The van der Waals surface area contributed by atoms with E-state index >= 15 is 0 Å². The summed E-state index contributed by atoms with van der Waals surface area (Å²) >= 11 is 6.30. The third-order valence-electron chi connectivity index (χ3n) is 4.66. The molecule has 0 spiro atoms. The Labute approximate surface area is 168 Å². The van der Waals surface area contributed by atoms with E-state index in [9.17, 15) is 0 Å². The quantitative estimate of drug-likeness (QED) is 0.584. The summed E-state index contributed by atoms with van der Waals surface area (Å²) in [4.78, 5) is 7.18. The first-order valence-electron chi connectivity index (χ1n) is 8.35. The number of methoxy groups -OCH3 is 2. The van der Waals surface area contributed by atoms with Gasteiger partial charge in [0.1, 0.15) is 17.1 Å². The van der Waals surface area contributed by atoms with E-state index in [0.717, 1.165) is 30.0 Å². The largest absolute Gasteiger partial charge is 0.496 e. The number of halogens is 2. The molecule has 1 fully saturated rings. The number of hydrogen-bond acceptors (Lipinski definition) is 4. The third-order valence-corrected chi connectivity index (χ3v) is 4.96. The fourth-order valence-corrected chi connectivity index (χ4v) is 3.57. The lowest BCUT2D eigenvalue weighted by Gasteiger charge is -2.17. The molecule has 0 atom stereocenters. The number of hydrogen-bond donors (Lipinski definition) is 0. The fraction of sp³-hybridized carbons (Fsp3) is 0.316. The van der Waals surface area contributed by atoms with Crippen molar-refractivity contribution < 1.29 is 9.47 Å². The molecule has 7 heteroatoms. The lowest BCUT2D eigenvalue weighted by atomic mass is 10.1. The number of imidazole rings is 1. The standard InChI is InChI=1S/C19H20ClN3O2.BrH/c1-24-17-11-18(25-2)15(20)10-14(17)16-12-23-8-5-13(9-19(23)21-16)22-6-3-4-7-22;/h5,8-12H,3-4,6-7H2,1-2H3;1H. The molecule has 26 heavy (non-hydrogen) atoms. The molecule has 3 heterocycles. The van der Waals surface area contributed by atoms with Crippen LogP contribution in [-0.4, -0.2) is 36.7 Å². The Bertz CT molecular complexity index is 923. The van der Waals surface area contributed by atoms with E-state index in [1.165, 1.54) is 18.5 Å². The number of fused-ring (bicyclic) bond motifs is 1. The first-order chi connectivity index (χ1) is 12.2. The first-order valence-corrected chi connectivity index (χ1v) is 8.73. The van der Waals surface area contributed by atoms with Crippen LogP contribution in [0.3, 0.4) is 0 Å². The van der Waals surface area contributed by atoms with Crippen molar-refractivity contribution in [2.75, 3.05) is 32.2 Å². The normalized spacial score (nSPS) is 13.7. The minimum Gasteiger partial charge on any atom is -0.496 e. The Morgan fingerprint density at radius 2 is 1.77 bits per heavy atom. The summed E-state index contributed by atoms with van der Waals surface area (Å²) in [5.74, 6) is 1.27. The number of benzene rings is 1.